The monoisotopic (exact) mass is 578 g/mol. The van der Waals surface area contributed by atoms with Gasteiger partial charge in [0.2, 0.25) is 11.8 Å². The van der Waals surface area contributed by atoms with E-state index in [0.29, 0.717) is 18.7 Å². The van der Waals surface area contributed by atoms with Crippen LogP contribution < -0.4 is 21.3 Å². The van der Waals surface area contributed by atoms with Crippen LogP contribution in [0.5, 0.6) is 0 Å². The highest BCUT2D eigenvalue weighted by Gasteiger charge is 2.22. The minimum Gasteiger partial charge on any atom is -0.465 e. The van der Waals surface area contributed by atoms with Crippen molar-refractivity contribution in [2.45, 2.75) is 57.8 Å². The molecule has 0 aromatic rings. The SMILES string of the molecule is CC(=O)OCNC(=O)CNC(=O)OCC[Si](C)(C)CCOC(=O)CNC(=O)CNC(=O)OCC[Si](C)(C)C. The molecule has 16 heteroatoms. The fraction of sp³-hybridized carbons (Fsp3) is 0.727. The first-order chi connectivity index (χ1) is 17.6. The van der Waals surface area contributed by atoms with Gasteiger partial charge in [0.15, 0.2) is 6.73 Å². The molecule has 0 heterocycles. The van der Waals surface area contributed by atoms with Crippen molar-refractivity contribution in [3.63, 3.8) is 0 Å². The Hall–Kier alpha value is -3.15. The Morgan fingerprint density at radius 3 is 1.55 bits per heavy atom. The molecule has 0 unspecified atom stereocenters. The number of rotatable bonds is 17. The Morgan fingerprint density at radius 1 is 0.579 bits per heavy atom. The van der Waals surface area contributed by atoms with Crippen LogP contribution >= 0.6 is 0 Å². The van der Waals surface area contributed by atoms with Crippen LogP contribution in [-0.2, 0) is 38.1 Å². The van der Waals surface area contributed by atoms with Gasteiger partial charge >= 0.3 is 24.1 Å². The normalized spacial score (nSPS) is 11.0. The van der Waals surface area contributed by atoms with Crippen LogP contribution in [-0.4, -0.2) is 98.3 Å². The fourth-order valence-electron chi connectivity index (χ4n) is 2.41. The van der Waals surface area contributed by atoms with E-state index in [-0.39, 0.29) is 39.6 Å². The maximum absolute atomic E-state index is 11.9. The van der Waals surface area contributed by atoms with Crippen LogP contribution in [0.15, 0.2) is 0 Å². The van der Waals surface area contributed by atoms with Gasteiger partial charge in [-0.2, -0.15) is 0 Å². The van der Waals surface area contributed by atoms with E-state index in [2.05, 4.69) is 45.6 Å². The summed E-state index contributed by atoms with van der Waals surface area (Å²) in [6, 6.07) is 2.04. The zero-order chi connectivity index (χ0) is 29.2. The lowest BCUT2D eigenvalue weighted by molar-refractivity contribution is -0.143. The number of carbonyl (C=O) groups is 6. The Kier molecular flexibility index (Phi) is 16.7. The van der Waals surface area contributed by atoms with E-state index in [4.69, 9.17) is 14.2 Å². The number of ether oxygens (including phenoxy) is 4. The van der Waals surface area contributed by atoms with Crippen LogP contribution in [0.1, 0.15) is 6.92 Å². The van der Waals surface area contributed by atoms with Crippen LogP contribution in [0.4, 0.5) is 9.59 Å². The number of amides is 4. The van der Waals surface area contributed by atoms with Gasteiger partial charge in [-0.15, -0.1) is 0 Å². The number of nitrogens with one attached hydrogen (secondary N) is 4. The molecule has 0 aromatic heterocycles. The average Bonchev–Trinajstić information content (AvgIpc) is 2.78. The van der Waals surface area contributed by atoms with Crippen molar-refractivity contribution < 1.29 is 47.7 Å². The third-order valence-corrected chi connectivity index (χ3v) is 9.72. The lowest BCUT2D eigenvalue weighted by Crippen LogP contribution is -2.40. The first-order valence-electron chi connectivity index (χ1n) is 12.2. The van der Waals surface area contributed by atoms with Gasteiger partial charge in [0, 0.05) is 15.0 Å². The summed E-state index contributed by atoms with van der Waals surface area (Å²) >= 11 is 0. The minimum absolute atomic E-state index is 0.137. The van der Waals surface area contributed by atoms with Crippen LogP contribution in [0.3, 0.4) is 0 Å². The second-order valence-electron chi connectivity index (χ2n) is 10.3. The van der Waals surface area contributed by atoms with E-state index in [9.17, 15) is 28.8 Å². The molecule has 0 aromatic carbocycles. The Labute approximate surface area is 225 Å². The van der Waals surface area contributed by atoms with Gasteiger partial charge in [0.1, 0.15) is 19.6 Å². The topological polar surface area (TPSA) is 187 Å². The predicted octanol–water partition coefficient (Wildman–Crippen LogP) is 0.782. The van der Waals surface area contributed by atoms with Crippen LogP contribution in [0.25, 0.3) is 0 Å². The van der Waals surface area contributed by atoms with E-state index < -0.39 is 52.1 Å². The van der Waals surface area contributed by atoms with Gasteiger partial charge in [-0.3, -0.25) is 19.2 Å². The summed E-state index contributed by atoms with van der Waals surface area (Å²) in [4.78, 5) is 69.0. The zero-order valence-corrected chi connectivity index (χ0v) is 25.2. The lowest BCUT2D eigenvalue weighted by atomic mass is 10.5. The van der Waals surface area contributed by atoms with E-state index in [1.54, 1.807) is 0 Å². The van der Waals surface area contributed by atoms with Gasteiger partial charge in [0.25, 0.3) is 0 Å². The first kappa shape index (κ1) is 34.9. The summed E-state index contributed by atoms with van der Waals surface area (Å²) < 4.78 is 19.8. The highest BCUT2D eigenvalue weighted by Crippen LogP contribution is 2.15. The van der Waals surface area contributed by atoms with Crippen molar-refractivity contribution in [3.8, 4) is 0 Å². The summed E-state index contributed by atoms with van der Waals surface area (Å²) in [6.45, 7) is 11.1. The number of hydrogen-bond acceptors (Lipinski definition) is 10. The molecule has 0 rings (SSSR count). The van der Waals surface area contributed by atoms with Gasteiger partial charge in [-0.25, -0.2) is 9.59 Å². The van der Waals surface area contributed by atoms with Gasteiger partial charge in [-0.05, 0) is 18.1 Å². The van der Waals surface area contributed by atoms with Gasteiger partial charge in [-0.1, -0.05) is 32.7 Å². The third kappa shape index (κ3) is 22.1. The van der Waals surface area contributed by atoms with E-state index in [1.165, 1.54) is 6.92 Å². The maximum Gasteiger partial charge on any atom is 0.407 e. The van der Waals surface area contributed by atoms with Crippen LogP contribution in [0, 0.1) is 0 Å². The summed E-state index contributed by atoms with van der Waals surface area (Å²) in [6.07, 6.45) is -1.44. The first-order valence-corrected chi connectivity index (χ1v) is 19.4. The molecule has 0 saturated heterocycles. The fourth-order valence-corrected chi connectivity index (χ4v) is 4.68. The second kappa shape index (κ2) is 18.2. The van der Waals surface area contributed by atoms with E-state index in [0.717, 1.165) is 6.04 Å². The summed E-state index contributed by atoms with van der Waals surface area (Å²) in [5.74, 6) is -2.23. The summed E-state index contributed by atoms with van der Waals surface area (Å²) in [5, 5.41) is 9.27. The van der Waals surface area contributed by atoms with Crippen molar-refractivity contribution in [1.29, 1.82) is 0 Å². The van der Waals surface area contributed by atoms with Crippen molar-refractivity contribution in [2.75, 3.05) is 46.2 Å². The Balaban J connectivity index is 3.94. The third-order valence-electron chi connectivity index (χ3n) is 4.90. The number of carbonyl (C=O) groups excluding carboxylic acids is 6. The molecule has 38 heavy (non-hydrogen) atoms. The molecule has 0 bridgehead atoms. The highest BCUT2D eigenvalue weighted by atomic mass is 28.3. The van der Waals surface area contributed by atoms with Gasteiger partial charge in [0.05, 0.1) is 27.9 Å². The second-order valence-corrected chi connectivity index (χ2v) is 21.3. The molecule has 4 N–H and O–H groups in total. The predicted molar refractivity (Wildman–Crippen MR) is 143 cm³/mol. The molecule has 0 saturated carbocycles. The smallest absolute Gasteiger partial charge is 0.407 e. The number of hydrogen-bond donors (Lipinski definition) is 4. The molecule has 4 amide bonds. The lowest BCUT2D eigenvalue weighted by Gasteiger charge is -2.22. The molecule has 0 aliphatic heterocycles. The molecule has 0 aliphatic rings. The summed E-state index contributed by atoms with van der Waals surface area (Å²) in [7, 11) is -3.18. The number of alkyl carbamates (subject to hydrolysis) is 2. The Morgan fingerprint density at radius 2 is 1.05 bits per heavy atom. The van der Waals surface area contributed by atoms with Crippen molar-refractivity contribution in [3.05, 3.63) is 0 Å². The molecule has 0 spiro atoms. The van der Waals surface area contributed by atoms with Crippen LogP contribution in [0.2, 0.25) is 50.9 Å². The van der Waals surface area contributed by atoms with Gasteiger partial charge < -0.3 is 40.2 Å². The molecule has 218 valence electrons. The molecule has 0 atom stereocenters. The quantitative estimate of drug-likeness (QED) is 0.0831. The largest absolute Gasteiger partial charge is 0.465 e. The van der Waals surface area contributed by atoms with Crippen molar-refractivity contribution in [1.82, 2.24) is 21.3 Å². The molecular formula is C22H42N4O10Si2. The summed E-state index contributed by atoms with van der Waals surface area (Å²) in [5.41, 5.74) is 0. The Bertz CT molecular complexity index is 818. The van der Waals surface area contributed by atoms with E-state index >= 15 is 0 Å². The maximum atomic E-state index is 11.9. The highest BCUT2D eigenvalue weighted by molar-refractivity contribution is 6.77. The molecule has 0 fully saturated rings. The molecule has 0 radical (unpaired) electrons. The van der Waals surface area contributed by atoms with E-state index in [1.807, 2.05) is 13.1 Å². The van der Waals surface area contributed by atoms with Crippen molar-refractivity contribution in [2.24, 2.45) is 0 Å². The molecule has 14 nitrogen and oxygen atoms in total. The minimum atomic E-state index is -1.86. The number of esters is 2. The van der Waals surface area contributed by atoms with Crippen molar-refractivity contribution >= 4 is 52.1 Å². The molecular weight excluding hydrogens is 536 g/mol. The average molecular weight is 579 g/mol. The zero-order valence-electron chi connectivity index (χ0n) is 23.2. The molecule has 0 aliphatic carbocycles. The standard InChI is InChI=1S/C22H42N4O10Si2/c1-17(27)36-16-26-19(29)14-25-22(32)35-9-12-38(5,6)11-8-33-20(30)15-23-18(28)13-24-21(31)34-7-10-37(2,3)4/h7-16H2,1-6H3,(H,23,28)(H,24,31)(H,25,32)(H,26,29).